The maximum Gasteiger partial charge on any atom is 0.224 e. The molecule has 0 atom stereocenters. The van der Waals surface area contributed by atoms with Crippen molar-refractivity contribution < 1.29 is 9.18 Å². The van der Waals surface area contributed by atoms with Gasteiger partial charge in [-0.1, -0.05) is 42.5 Å². The van der Waals surface area contributed by atoms with Crippen molar-refractivity contribution in [2.45, 2.75) is 31.8 Å². The zero-order chi connectivity index (χ0) is 21.9. The molecule has 0 spiro atoms. The van der Waals surface area contributed by atoms with E-state index in [1.165, 1.54) is 17.7 Å². The third-order valence-electron chi connectivity index (χ3n) is 5.42. The Morgan fingerprint density at radius 2 is 1.68 bits per heavy atom. The average Bonchev–Trinajstić information content (AvgIpc) is 2.79. The number of benzene rings is 2. The molecule has 7 heteroatoms. The molecule has 0 aliphatic carbocycles. The van der Waals surface area contributed by atoms with Gasteiger partial charge in [0, 0.05) is 45.8 Å². The number of likely N-dealkylation sites (tertiary alicyclic amines) is 1. The lowest BCUT2D eigenvalue weighted by atomic mass is 10.0. The lowest BCUT2D eigenvalue weighted by molar-refractivity contribution is -0.120. The van der Waals surface area contributed by atoms with Crippen LogP contribution in [-0.4, -0.2) is 56.0 Å². The monoisotopic (exact) mass is 425 g/mol. The molecule has 3 N–H and O–H groups in total. The molecule has 0 saturated carbocycles. The summed E-state index contributed by atoms with van der Waals surface area (Å²) in [7, 11) is 1.76. The Hall–Kier alpha value is -2.93. The molecule has 2 aromatic carbocycles. The number of nitrogens with zero attached hydrogens (tertiary/aromatic N) is 2. The number of halogens is 1. The molecule has 1 fully saturated rings. The molecular weight excluding hydrogens is 393 g/mol. The van der Waals surface area contributed by atoms with Crippen LogP contribution in [0, 0.1) is 5.82 Å². The molecule has 1 amide bonds. The predicted octanol–water partition coefficient (Wildman–Crippen LogP) is 2.31. The van der Waals surface area contributed by atoms with Gasteiger partial charge in [-0.2, -0.15) is 0 Å². The maximum atomic E-state index is 12.9. The Balaban J connectivity index is 1.30. The standard InChI is InChI=1S/C24H32FN5O/c1-26-24(28-14-13-27-23(31)17-19-7-9-21(25)10-8-19)29-22-11-15-30(16-12-22)18-20-5-3-2-4-6-20/h2-10,22H,11-18H2,1H3,(H,27,31)(H2,26,28,29). The summed E-state index contributed by atoms with van der Waals surface area (Å²) < 4.78 is 12.9. The van der Waals surface area contributed by atoms with Gasteiger partial charge in [-0.15, -0.1) is 0 Å². The van der Waals surface area contributed by atoms with Crippen LogP contribution in [0.25, 0.3) is 0 Å². The number of hydrogen-bond acceptors (Lipinski definition) is 3. The fraction of sp³-hybridized carbons (Fsp3) is 0.417. The van der Waals surface area contributed by atoms with Gasteiger partial charge in [-0.25, -0.2) is 4.39 Å². The zero-order valence-corrected chi connectivity index (χ0v) is 18.1. The van der Waals surface area contributed by atoms with Gasteiger partial charge in [0.1, 0.15) is 5.82 Å². The first kappa shape index (κ1) is 22.7. The lowest BCUT2D eigenvalue weighted by Crippen LogP contribution is -2.49. The highest BCUT2D eigenvalue weighted by Crippen LogP contribution is 2.13. The summed E-state index contributed by atoms with van der Waals surface area (Å²) in [6, 6.07) is 17.0. The summed E-state index contributed by atoms with van der Waals surface area (Å²) in [5, 5.41) is 9.62. The average molecular weight is 426 g/mol. The zero-order valence-electron chi connectivity index (χ0n) is 18.1. The Morgan fingerprint density at radius 1 is 1.00 bits per heavy atom. The van der Waals surface area contributed by atoms with Crippen LogP contribution < -0.4 is 16.0 Å². The Bertz CT molecular complexity index is 833. The van der Waals surface area contributed by atoms with Crippen LogP contribution in [0.4, 0.5) is 4.39 Å². The quantitative estimate of drug-likeness (QED) is 0.345. The largest absolute Gasteiger partial charge is 0.355 e. The Morgan fingerprint density at radius 3 is 2.35 bits per heavy atom. The highest BCUT2D eigenvalue weighted by Gasteiger charge is 2.20. The van der Waals surface area contributed by atoms with Crippen molar-refractivity contribution in [3.63, 3.8) is 0 Å². The van der Waals surface area contributed by atoms with Gasteiger partial charge in [0.25, 0.3) is 0 Å². The first-order valence-corrected chi connectivity index (χ1v) is 10.9. The minimum atomic E-state index is -0.297. The molecule has 166 valence electrons. The third-order valence-corrected chi connectivity index (χ3v) is 5.42. The fourth-order valence-electron chi connectivity index (χ4n) is 3.70. The number of guanidine groups is 1. The molecule has 1 aliphatic heterocycles. The van der Waals surface area contributed by atoms with E-state index in [0.717, 1.165) is 44.0 Å². The molecule has 1 heterocycles. The van der Waals surface area contributed by atoms with Crippen LogP contribution in [0.1, 0.15) is 24.0 Å². The van der Waals surface area contributed by atoms with E-state index in [4.69, 9.17) is 0 Å². The van der Waals surface area contributed by atoms with Crippen LogP contribution in [0.5, 0.6) is 0 Å². The molecule has 0 bridgehead atoms. The van der Waals surface area contributed by atoms with E-state index in [0.29, 0.717) is 19.1 Å². The number of nitrogens with one attached hydrogen (secondary N) is 3. The summed E-state index contributed by atoms with van der Waals surface area (Å²) in [4.78, 5) is 18.8. The number of carbonyl (C=O) groups is 1. The molecule has 2 aromatic rings. The van der Waals surface area contributed by atoms with E-state index < -0.39 is 0 Å². The van der Waals surface area contributed by atoms with Crippen molar-refractivity contribution in [2.24, 2.45) is 4.99 Å². The molecule has 6 nitrogen and oxygen atoms in total. The van der Waals surface area contributed by atoms with Gasteiger partial charge in [0.15, 0.2) is 5.96 Å². The van der Waals surface area contributed by atoms with E-state index in [9.17, 15) is 9.18 Å². The summed E-state index contributed by atoms with van der Waals surface area (Å²) in [6.07, 6.45) is 2.39. The topological polar surface area (TPSA) is 68.8 Å². The van der Waals surface area contributed by atoms with Crippen LogP contribution in [0.15, 0.2) is 59.6 Å². The van der Waals surface area contributed by atoms with Gasteiger partial charge in [-0.05, 0) is 36.1 Å². The molecule has 0 radical (unpaired) electrons. The van der Waals surface area contributed by atoms with Gasteiger partial charge >= 0.3 is 0 Å². The number of piperidine rings is 1. The second kappa shape index (κ2) is 12.1. The highest BCUT2D eigenvalue weighted by atomic mass is 19.1. The lowest BCUT2D eigenvalue weighted by Gasteiger charge is -2.33. The van der Waals surface area contributed by atoms with Crippen LogP contribution in [0.3, 0.4) is 0 Å². The SMILES string of the molecule is CN=C(NCCNC(=O)Cc1ccc(F)cc1)NC1CCN(Cc2ccccc2)CC1. The van der Waals surface area contributed by atoms with Crippen molar-refractivity contribution in [2.75, 3.05) is 33.2 Å². The first-order chi connectivity index (χ1) is 15.1. The molecule has 0 unspecified atom stereocenters. The second-order valence-corrected chi connectivity index (χ2v) is 7.83. The normalized spacial score (nSPS) is 15.5. The Labute approximate surface area is 183 Å². The number of carbonyl (C=O) groups excluding carboxylic acids is 1. The van der Waals surface area contributed by atoms with Crippen LogP contribution in [-0.2, 0) is 17.8 Å². The smallest absolute Gasteiger partial charge is 0.224 e. The molecule has 1 saturated heterocycles. The first-order valence-electron chi connectivity index (χ1n) is 10.9. The minimum absolute atomic E-state index is 0.0813. The molecule has 0 aromatic heterocycles. The summed E-state index contributed by atoms with van der Waals surface area (Å²) in [5.74, 6) is 0.380. The van der Waals surface area contributed by atoms with E-state index >= 15 is 0 Å². The van der Waals surface area contributed by atoms with Crippen molar-refractivity contribution in [3.8, 4) is 0 Å². The van der Waals surface area contributed by atoms with Gasteiger partial charge < -0.3 is 16.0 Å². The second-order valence-electron chi connectivity index (χ2n) is 7.83. The van der Waals surface area contributed by atoms with Crippen LogP contribution >= 0.6 is 0 Å². The number of amides is 1. The number of rotatable bonds is 8. The van der Waals surface area contributed by atoms with E-state index in [-0.39, 0.29) is 18.1 Å². The number of aliphatic imine (C=N–C) groups is 1. The Kier molecular flexibility index (Phi) is 8.84. The van der Waals surface area contributed by atoms with E-state index in [1.54, 1.807) is 19.2 Å². The summed E-state index contributed by atoms with van der Waals surface area (Å²) in [5.41, 5.74) is 2.15. The minimum Gasteiger partial charge on any atom is -0.355 e. The molecule has 31 heavy (non-hydrogen) atoms. The third kappa shape index (κ3) is 8.02. The molecular formula is C24H32FN5O. The van der Waals surface area contributed by atoms with E-state index in [1.807, 2.05) is 0 Å². The van der Waals surface area contributed by atoms with Crippen molar-refractivity contribution in [3.05, 3.63) is 71.5 Å². The van der Waals surface area contributed by atoms with Gasteiger partial charge in [0.05, 0.1) is 6.42 Å². The fourth-order valence-corrected chi connectivity index (χ4v) is 3.70. The van der Waals surface area contributed by atoms with Gasteiger partial charge in [-0.3, -0.25) is 14.7 Å². The van der Waals surface area contributed by atoms with E-state index in [2.05, 4.69) is 56.2 Å². The van der Waals surface area contributed by atoms with Gasteiger partial charge in [0.2, 0.25) is 5.91 Å². The summed E-state index contributed by atoms with van der Waals surface area (Å²) >= 11 is 0. The van der Waals surface area contributed by atoms with Crippen molar-refractivity contribution in [1.82, 2.24) is 20.9 Å². The molecule has 3 rings (SSSR count). The molecule has 1 aliphatic rings. The predicted molar refractivity (Wildman–Crippen MR) is 122 cm³/mol. The summed E-state index contributed by atoms with van der Waals surface area (Å²) in [6.45, 7) is 4.20. The van der Waals surface area contributed by atoms with Crippen molar-refractivity contribution in [1.29, 1.82) is 0 Å². The highest BCUT2D eigenvalue weighted by molar-refractivity contribution is 5.80. The number of hydrogen-bond donors (Lipinski definition) is 3. The van der Waals surface area contributed by atoms with Crippen LogP contribution in [0.2, 0.25) is 0 Å². The maximum absolute atomic E-state index is 12.9. The van der Waals surface area contributed by atoms with Crippen molar-refractivity contribution >= 4 is 11.9 Å².